The Bertz CT molecular complexity index is 1310. The summed E-state index contributed by atoms with van der Waals surface area (Å²) < 4.78 is 14.1. The highest BCUT2D eigenvalue weighted by Gasteiger charge is 2.15. The van der Waals surface area contributed by atoms with Gasteiger partial charge in [-0.3, -0.25) is 0 Å². The van der Waals surface area contributed by atoms with Gasteiger partial charge < -0.3 is 12.1 Å². The maximum absolute atomic E-state index is 6.07. The van der Waals surface area contributed by atoms with Gasteiger partial charge in [0.05, 0.1) is 28.1 Å². The molecule has 0 unspecified atom stereocenters. The van der Waals surface area contributed by atoms with E-state index in [9.17, 15) is 0 Å². The van der Waals surface area contributed by atoms with Crippen LogP contribution in [0.5, 0.6) is 11.5 Å². The van der Waals surface area contributed by atoms with Gasteiger partial charge >= 0.3 is 15.9 Å². The van der Waals surface area contributed by atoms with Crippen LogP contribution in [0, 0.1) is 0 Å². The van der Waals surface area contributed by atoms with E-state index >= 15 is 0 Å². The molecule has 0 aliphatic rings. The molecule has 1 aromatic heterocycles. The average molecular weight is 419 g/mol. The molecule has 149 valence electrons. The predicted octanol–water partition coefficient (Wildman–Crippen LogP) is 5.90. The minimum atomic E-state index is -0.712. The molecular weight excluding hydrogens is 399 g/mol. The lowest BCUT2D eigenvalue weighted by Crippen LogP contribution is -2.11. The van der Waals surface area contributed by atoms with Crippen molar-refractivity contribution in [3.8, 4) is 34.0 Å². The Hall–Kier alpha value is -3.52. The molecule has 1 heterocycles. The summed E-state index contributed by atoms with van der Waals surface area (Å²) in [6.45, 7) is 0. The molecule has 0 aliphatic carbocycles. The fourth-order valence-corrected chi connectivity index (χ4v) is 4.25. The van der Waals surface area contributed by atoms with Crippen LogP contribution < -0.4 is 7.58 Å². The van der Waals surface area contributed by atoms with Crippen LogP contribution in [0.3, 0.4) is 0 Å². The average Bonchev–Trinajstić information content (AvgIpc) is 3.17. The minimum absolute atomic E-state index is 0.712. The largest absolute Gasteiger partial charge is 0.881 e. The molecule has 31 heavy (non-hydrogen) atoms. The summed E-state index contributed by atoms with van der Waals surface area (Å²) in [5.74, 6) is 2.45. The molecule has 1 radical (unpaired) electrons. The van der Waals surface area contributed by atoms with Crippen LogP contribution in [-0.2, 0) is 7.05 Å². The summed E-state index contributed by atoms with van der Waals surface area (Å²) in [5.41, 5.74) is 5.37. The summed E-state index contributed by atoms with van der Waals surface area (Å²) in [5, 5.41) is 0. The summed E-state index contributed by atoms with van der Waals surface area (Å²) in [7, 11) is 2.03. The Morgan fingerprint density at radius 3 is 2.16 bits per heavy atom. The van der Waals surface area contributed by atoms with Crippen molar-refractivity contribution in [3.63, 3.8) is 0 Å². The number of benzene rings is 4. The molecule has 5 heteroatoms. The molecule has 5 aromatic rings. The van der Waals surface area contributed by atoms with Crippen LogP contribution >= 0.6 is 0 Å². The summed E-state index contributed by atoms with van der Waals surface area (Å²) in [6, 6.07) is 34.5. The van der Waals surface area contributed by atoms with E-state index in [-0.39, 0.29) is 0 Å². The quantitative estimate of drug-likeness (QED) is 0.322. The standard InChI is InChI=1S/C14H12N2O.C12H10O.Al/c1-16-12-8-4-3-7-11(12)15-14(16)10-6-2-5-9-13(10)17;13-12-8-6-11(7-9-12)10-4-2-1-3-5-10;/h2-9,17H,1H3;1-9,13H;/q;;+2/p-2. The molecule has 0 fully saturated rings. The number of rotatable bonds is 6. The van der Waals surface area contributed by atoms with Crippen LogP contribution in [0.4, 0.5) is 0 Å². The number of para-hydroxylation sites is 3. The number of hydrogen-bond donors (Lipinski definition) is 0. The third-order valence-corrected chi connectivity index (χ3v) is 5.95. The van der Waals surface area contributed by atoms with E-state index in [0.717, 1.165) is 39.5 Å². The van der Waals surface area contributed by atoms with Crippen LogP contribution in [0.1, 0.15) is 0 Å². The maximum atomic E-state index is 6.07. The van der Waals surface area contributed by atoms with Crippen molar-refractivity contribution in [3.05, 3.63) is 103 Å². The molecule has 4 nitrogen and oxygen atoms in total. The fraction of sp³-hybridized carbons (Fsp3) is 0.0385. The first kappa shape index (κ1) is 19.4. The zero-order valence-electron chi connectivity index (χ0n) is 17.1. The van der Waals surface area contributed by atoms with Crippen LogP contribution in [0.15, 0.2) is 103 Å². The lowest BCUT2D eigenvalue weighted by Gasteiger charge is -2.13. The van der Waals surface area contributed by atoms with Crippen LogP contribution in [0.2, 0.25) is 0 Å². The van der Waals surface area contributed by atoms with Gasteiger partial charge in [-0.2, -0.15) is 0 Å². The van der Waals surface area contributed by atoms with Crippen molar-refractivity contribution in [1.82, 2.24) is 9.55 Å². The van der Waals surface area contributed by atoms with E-state index in [4.69, 9.17) is 12.6 Å². The zero-order chi connectivity index (χ0) is 21.0. The highest BCUT2D eigenvalue weighted by molar-refractivity contribution is 6.21. The molecule has 0 atom stereocenters. The zero-order valence-corrected chi connectivity index (χ0v) is 18.3. The Labute approximate surface area is 188 Å². The van der Waals surface area contributed by atoms with Gasteiger partial charge in [0.25, 0.3) is 0 Å². The SMILES string of the molecule is Cn1c(-c2ccccc2[O][Al][O]c2ccc(-c3ccccc3)cc2)nc2ccccc21. The van der Waals surface area contributed by atoms with Gasteiger partial charge in [-0.25, -0.2) is 4.98 Å². The molecular formula is C26H20AlN2O2. The Morgan fingerprint density at radius 2 is 1.35 bits per heavy atom. The first-order valence-electron chi connectivity index (χ1n) is 10.1. The van der Waals surface area contributed by atoms with E-state index in [2.05, 4.69) is 34.9 Å². The monoisotopic (exact) mass is 419 g/mol. The number of aryl methyl sites for hydroxylation is 1. The Kier molecular flexibility index (Phi) is 5.45. The van der Waals surface area contributed by atoms with Crippen molar-refractivity contribution in [1.29, 1.82) is 0 Å². The van der Waals surface area contributed by atoms with Gasteiger partial charge in [0, 0.05) is 7.05 Å². The molecule has 0 saturated carbocycles. The second-order valence-corrected chi connectivity index (χ2v) is 7.87. The molecule has 0 bridgehead atoms. The number of imidazole rings is 1. The van der Waals surface area contributed by atoms with Crippen molar-refractivity contribution < 1.29 is 7.58 Å². The van der Waals surface area contributed by atoms with Gasteiger partial charge in [0.2, 0.25) is 0 Å². The molecule has 0 saturated heterocycles. The molecule has 0 N–H and O–H groups in total. The minimum Gasteiger partial charge on any atom is -0.616 e. The molecule has 4 aromatic carbocycles. The Morgan fingerprint density at radius 1 is 0.677 bits per heavy atom. The second kappa shape index (κ2) is 8.69. The first-order chi connectivity index (χ1) is 15.3. The predicted molar refractivity (Wildman–Crippen MR) is 125 cm³/mol. The smallest absolute Gasteiger partial charge is 0.616 e. The number of fused-ring (bicyclic) bond motifs is 1. The molecule has 0 aliphatic heterocycles. The normalized spacial score (nSPS) is 10.7. The highest BCUT2D eigenvalue weighted by Crippen LogP contribution is 2.31. The van der Waals surface area contributed by atoms with E-state index in [1.165, 1.54) is 5.56 Å². The molecule has 0 amide bonds. The first-order valence-corrected chi connectivity index (χ1v) is 11.1. The van der Waals surface area contributed by atoms with Crippen LogP contribution in [-0.4, -0.2) is 25.4 Å². The van der Waals surface area contributed by atoms with Gasteiger partial charge in [0.15, 0.2) is 0 Å². The molecule has 0 spiro atoms. The van der Waals surface area contributed by atoms with Gasteiger partial charge in [-0.15, -0.1) is 0 Å². The van der Waals surface area contributed by atoms with Crippen molar-refractivity contribution >= 4 is 26.9 Å². The van der Waals surface area contributed by atoms with Gasteiger partial charge in [0.1, 0.15) is 5.82 Å². The number of hydrogen-bond acceptors (Lipinski definition) is 3. The van der Waals surface area contributed by atoms with Crippen molar-refractivity contribution in [2.24, 2.45) is 7.05 Å². The van der Waals surface area contributed by atoms with E-state index in [1.807, 2.05) is 79.8 Å². The highest BCUT2D eigenvalue weighted by atomic mass is 27.2. The summed E-state index contributed by atoms with van der Waals surface area (Å²) >= 11 is -0.712. The molecule has 5 rings (SSSR count). The van der Waals surface area contributed by atoms with Crippen molar-refractivity contribution in [2.45, 2.75) is 0 Å². The number of aromatic nitrogens is 2. The number of nitrogens with zero attached hydrogens (tertiary/aromatic N) is 2. The summed E-state index contributed by atoms with van der Waals surface area (Å²) in [6.07, 6.45) is 0. The third kappa shape index (κ3) is 4.07. The van der Waals surface area contributed by atoms with Gasteiger partial charge in [-0.05, 0) is 47.5 Å². The van der Waals surface area contributed by atoms with Crippen molar-refractivity contribution in [2.75, 3.05) is 0 Å². The van der Waals surface area contributed by atoms with E-state index < -0.39 is 15.9 Å². The summed E-state index contributed by atoms with van der Waals surface area (Å²) in [4.78, 5) is 4.80. The Balaban J connectivity index is 1.31. The lowest BCUT2D eigenvalue weighted by molar-refractivity contribution is 0.459. The van der Waals surface area contributed by atoms with E-state index in [1.54, 1.807) is 0 Å². The topological polar surface area (TPSA) is 36.3 Å². The van der Waals surface area contributed by atoms with Crippen LogP contribution in [0.25, 0.3) is 33.5 Å². The van der Waals surface area contributed by atoms with E-state index in [0.29, 0.717) is 0 Å². The lowest BCUT2D eigenvalue weighted by atomic mass is 10.1. The fourth-order valence-electron chi connectivity index (χ4n) is 3.63. The van der Waals surface area contributed by atoms with Gasteiger partial charge in [-0.1, -0.05) is 66.7 Å². The third-order valence-electron chi connectivity index (χ3n) is 5.24. The second-order valence-electron chi connectivity index (χ2n) is 7.20. The maximum Gasteiger partial charge on any atom is 0.881 e.